The van der Waals surface area contributed by atoms with Crippen molar-refractivity contribution in [1.29, 1.82) is 0 Å². The van der Waals surface area contributed by atoms with Crippen molar-refractivity contribution < 1.29 is 9.47 Å². The molecule has 0 radical (unpaired) electrons. The summed E-state index contributed by atoms with van der Waals surface area (Å²) < 4.78 is 10.7. The van der Waals surface area contributed by atoms with Gasteiger partial charge in [0.15, 0.2) is 17.5 Å². The van der Waals surface area contributed by atoms with E-state index in [1.165, 1.54) is 6.42 Å². The van der Waals surface area contributed by atoms with Crippen molar-refractivity contribution in [2.45, 2.75) is 40.2 Å². The van der Waals surface area contributed by atoms with Crippen LogP contribution in [0.2, 0.25) is 0 Å². The highest BCUT2D eigenvalue weighted by atomic mass is 16.7. The minimum atomic E-state index is 0.309. The van der Waals surface area contributed by atoms with E-state index in [0.29, 0.717) is 18.8 Å². The second kappa shape index (κ2) is 7.38. The number of benzene rings is 1. The smallest absolute Gasteiger partial charge is 0.231 e. The number of ether oxygens (including phenoxy) is 2. The zero-order valence-electron chi connectivity index (χ0n) is 14.0. The number of hydrogen-bond donors (Lipinski definition) is 2. The van der Waals surface area contributed by atoms with Crippen molar-refractivity contribution in [2.24, 2.45) is 10.4 Å². The van der Waals surface area contributed by atoms with Crippen LogP contribution < -0.4 is 20.1 Å². The molecule has 2 rings (SSSR count). The highest BCUT2D eigenvalue weighted by Crippen LogP contribution is 2.32. The van der Waals surface area contributed by atoms with Gasteiger partial charge in [0.2, 0.25) is 6.79 Å². The number of nitrogens with one attached hydrogen (secondary N) is 2. The van der Waals surface area contributed by atoms with Crippen LogP contribution in [-0.4, -0.2) is 26.3 Å². The van der Waals surface area contributed by atoms with Crippen LogP contribution in [0.25, 0.3) is 0 Å². The first kappa shape index (κ1) is 16.5. The van der Waals surface area contributed by atoms with Gasteiger partial charge in [-0.1, -0.05) is 26.8 Å². The fourth-order valence-electron chi connectivity index (χ4n) is 2.28. The monoisotopic (exact) mass is 305 g/mol. The van der Waals surface area contributed by atoms with E-state index in [9.17, 15) is 0 Å². The summed E-state index contributed by atoms with van der Waals surface area (Å²) in [4.78, 5) is 4.25. The summed E-state index contributed by atoms with van der Waals surface area (Å²) in [6, 6.07) is 5.98. The lowest BCUT2D eigenvalue weighted by atomic mass is 9.91. The molecular formula is C17H27N3O2. The second-order valence-electron chi connectivity index (χ2n) is 6.70. The van der Waals surface area contributed by atoms with Gasteiger partial charge in [0.25, 0.3) is 0 Å². The Kier molecular flexibility index (Phi) is 5.52. The van der Waals surface area contributed by atoms with Crippen LogP contribution in [0.1, 0.15) is 39.2 Å². The van der Waals surface area contributed by atoms with Crippen molar-refractivity contribution in [3.05, 3.63) is 23.8 Å². The van der Waals surface area contributed by atoms with Crippen molar-refractivity contribution in [2.75, 3.05) is 20.4 Å². The van der Waals surface area contributed by atoms with Crippen molar-refractivity contribution in [3.8, 4) is 11.5 Å². The fraction of sp³-hybridized carbons (Fsp3) is 0.588. The zero-order chi connectivity index (χ0) is 16.0. The average Bonchev–Trinajstić information content (AvgIpc) is 2.93. The van der Waals surface area contributed by atoms with Crippen LogP contribution in [-0.2, 0) is 6.54 Å². The molecule has 0 spiro atoms. The minimum Gasteiger partial charge on any atom is -0.454 e. The molecule has 0 unspecified atom stereocenters. The predicted octanol–water partition coefficient (Wildman–Crippen LogP) is 2.91. The number of fused-ring (bicyclic) bond motifs is 1. The summed E-state index contributed by atoms with van der Waals surface area (Å²) in [7, 11) is 1.79. The third-order valence-corrected chi connectivity index (χ3v) is 3.52. The van der Waals surface area contributed by atoms with Gasteiger partial charge in [0, 0.05) is 20.1 Å². The van der Waals surface area contributed by atoms with E-state index in [4.69, 9.17) is 9.47 Å². The highest BCUT2D eigenvalue weighted by molar-refractivity contribution is 5.79. The SMILES string of the molecule is CN=C(NCCCC(C)(C)C)NCc1ccc2c(c1)OCO2. The van der Waals surface area contributed by atoms with E-state index < -0.39 is 0 Å². The minimum absolute atomic E-state index is 0.309. The summed E-state index contributed by atoms with van der Waals surface area (Å²) in [5.41, 5.74) is 1.52. The molecule has 22 heavy (non-hydrogen) atoms. The fourth-order valence-corrected chi connectivity index (χ4v) is 2.28. The van der Waals surface area contributed by atoms with Gasteiger partial charge < -0.3 is 20.1 Å². The second-order valence-corrected chi connectivity index (χ2v) is 6.70. The maximum Gasteiger partial charge on any atom is 0.231 e. The van der Waals surface area contributed by atoms with Gasteiger partial charge in [-0.05, 0) is 36.0 Å². The van der Waals surface area contributed by atoms with Crippen molar-refractivity contribution in [1.82, 2.24) is 10.6 Å². The molecule has 1 heterocycles. The van der Waals surface area contributed by atoms with Gasteiger partial charge in [-0.15, -0.1) is 0 Å². The van der Waals surface area contributed by atoms with E-state index in [1.54, 1.807) is 7.05 Å². The first-order valence-electron chi connectivity index (χ1n) is 7.81. The molecule has 1 aromatic carbocycles. The molecule has 0 amide bonds. The Balaban J connectivity index is 1.74. The zero-order valence-corrected chi connectivity index (χ0v) is 14.0. The standard InChI is InChI=1S/C17H27N3O2/c1-17(2,3)8-5-9-19-16(18-4)20-11-13-6-7-14-15(10-13)22-12-21-14/h6-7,10H,5,8-9,11-12H2,1-4H3,(H2,18,19,20). The summed E-state index contributed by atoms with van der Waals surface area (Å²) in [5, 5.41) is 6.66. The molecule has 0 fully saturated rings. The molecule has 1 aromatic rings. The highest BCUT2D eigenvalue weighted by Gasteiger charge is 2.13. The van der Waals surface area contributed by atoms with Crippen LogP contribution in [0.15, 0.2) is 23.2 Å². The van der Waals surface area contributed by atoms with Crippen molar-refractivity contribution >= 4 is 5.96 Å². The van der Waals surface area contributed by atoms with Gasteiger partial charge in [0.05, 0.1) is 0 Å². The molecular weight excluding hydrogens is 278 g/mol. The molecule has 5 nitrogen and oxygen atoms in total. The first-order valence-corrected chi connectivity index (χ1v) is 7.81. The molecule has 122 valence electrons. The predicted molar refractivity (Wildman–Crippen MR) is 89.5 cm³/mol. The molecule has 0 atom stereocenters. The molecule has 0 aromatic heterocycles. The molecule has 5 heteroatoms. The van der Waals surface area contributed by atoms with E-state index in [0.717, 1.165) is 36.0 Å². The molecule has 0 aliphatic carbocycles. The Morgan fingerprint density at radius 1 is 1.18 bits per heavy atom. The molecule has 1 aliphatic rings. The van der Waals surface area contributed by atoms with Gasteiger partial charge in [-0.2, -0.15) is 0 Å². The Hall–Kier alpha value is -1.91. The lowest BCUT2D eigenvalue weighted by Gasteiger charge is -2.18. The van der Waals surface area contributed by atoms with Crippen LogP contribution in [0.4, 0.5) is 0 Å². The lowest BCUT2D eigenvalue weighted by Crippen LogP contribution is -2.37. The van der Waals surface area contributed by atoms with Crippen molar-refractivity contribution in [3.63, 3.8) is 0 Å². The van der Waals surface area contributed by atoms with Gasteiger partial charge in [-0.25, -0.2) is 0 Å². The third kappa shape index (κ3) is 5.13. The van der Waals surface area contributed by atoms with E-state index in [2.05, 4.69) is 36.4 Å². The number of nitrogens with zero attached hydrogens (tertiary/aromatic N) is 1. The largest absolute Gasteiger partial charge is 0.454 e. The summed E-state index contributed by atoms with van der Waals surface area (Å²) >= 11 is 0. The molecule has 1 aliphatic heterocycles. The van der Waals surface area contributed by atoms with Crippen LogP contribution in [0.5, 0.6) is 11.5 Å². The van der Waals surface area contributed by atoms with Crippen LogP contribution in [0.3, 0.4) is 0 Å². The lowest BCUT2D eigenvalue weighted by molar-refractivity contribution is 0.174. The van der Waals surface area contributed by atoms with Crippen LogP contribution in [0, 0.1) is 5.41 Å². The molecule has 0 bridgehead atoms. The molecule has 0 saturated heterocycles. The van der Waals surface area contributed by atoms with Crippen LogP contribution >= 0.6 is 0 Å². The maximum absolute atomic E-state index is 5.39. The normalized spacial score (nSPS) is 14.1. The number of hydrogen-bond acceptors (Lipinski definition) is 3. The van der Waals surface area contributed by atoms with E-state index >= 15 is 0 Å². The average molecular weight is 305 g/mol. The Labute approximate surface area is 133 Å². The third-order valence-electron chi connectivity index (χ3n) is 3.52. The Bertz CT molecular complexity index is 521. The first-order chi connectivity index (χ1) is 10.5. The number of aliphatic imine (C=N–C) groups is 1. The molecule has 2 N–H and O–H groups in total. The Morgan fingerprint density at radius 2 is 1.95 bits per heavy atom. The number of guanidine groups is 1. The van der Waals surface area contributed by atoms with E-state index in [1.807, 2.05) is 18.2 Å². The summed E-state index contributed by atoms with van der Waals surface area (Å²) in [5.74, 6) is 2.45. The van der Waals surface area contributed by atoms with Gasteiger partial charge in [-0.3, -0.25) is 4.99 Å². The van der Waals surface area contributed by atoms with Gasteiger partial charge >= 0.3 is 0 Å². The maximum atomic E-state index is 5.39. The summed E-state index contributed by atoms with van der Waals surface area (Å²) in [6.07, 6.45) is 2.33. The Morgan fingerprint density at radius 3 is 2.68 bits per heavy atom. The van der Waals surface area contributed by atoms with Gasteiger partial charge in [0.1, 0.15) is 0 Å². The quantitative estimate of drug-likeness (QED) is 0.499. The number of rotatable bonds is 5. The van der Waals surface area contributed by atoms with E-state index in [-0.39, 0.29) is 0 Å². The topological polar surface area (TPSA) is 54.9 Å². The molecule has 0 saturated carbocycles. The summed E-state index contributed by atoms with van der Waals surface area (Å²) in [6.45, 7) is 8.73.